The molecular formula is C14H24N4O3. The molecule has 0 aromatic carbocycles. The summed E-state index contributed by atoms with van der Waals surface area (Å²) in [4.78, 5) is 28.8. The maximum Gasteiger partial charge on any atom is 0.229 e. The molecule has 0 saturated carbocycles. The van der Waals surface area contributed by atoms with E-state index in [9.17, 15) is 9.59 Å². The summed E-state index contributed by atoms with van der Waals surface area (Å²) in [6.45, 7) is 2.44. The van der Waals surface area contributed by atoms with Crippen LogP contribution in [0.4, 0.5) is 0 Å². The summed E-state index contributed by atoms with van der Waals surface area (Å²) in [5.41, 5.74) is 0. The van der Waals surface area contributed by atoms with E-state index in [1.807, 2.05) is 0 Å². The Morgan fingerprint density at radius 1 is 1.29 bits per heavy atom. The molecule has 21 heavy (non-hydrogen) atoms. The molecule has 2 rings (SSSR count). The van der Waals surface area contributed by atoms with Crippen molar-refractivity contribution in [3.8, 4) is 0 Å². The van der Waals surface area contributed by atoms with Crippen molar-refractivity contribution < 1.29 is 14.3 Å². The highest BCUT2D eigenvalue weighted by molar-refractivity contribution is 5.97. The van der Waals surface area contributed by atoms with Gasteiger partial charge >= 0.3 is 0 Å². The van der Waals surface area contributed by atoms with Gasteiger partial charge in [0.2, 0.25) is 11.8 Å². The van der Waals surface area contributed by atoms with E-state index in [2.05, 4.69) is 15.6 Å². The van der Waals surface area contributed by atoms with E-state index in [1.165, 1.54) is 4.90 Å². The molecule has 0 bridgehead atoms. The first-order valence-electron chi connectivity index (χ1n) is 7.60. The van der Waals surface area contributed by atoms with Crippen LogP contribution in [0.2, 0.25) is 0 Å². The van der Waals surface area contributed by atoms with E-state index in [0.717, 1.165) is 26.0 Å². The zero-order valence-corrected chi connectivity index (χ0v) is 12.6. The van der Waals surface area contributed by atoms with Crippen molar-refractivity contribution in [2.75, 3.05) is 33.3 Å². The number of rotatable bonds is 5. The van der Waals surface area contributed by atoms with Gasteiger partial charge in [-0.2, -0.15) is 0 Å². The first-order chi connectivity index (χ1) is 10.2. The van der Waals surface area contributed by atoms with E-state index in [1.54, 1.807) is 7.05 Å². The van der Waals surface area contributed by atoms with Crippen LogP contribution in [0.3, 0.4) is 0 Å². The second-order valence-electron chi connectivity index (χ2n) is 5.31. The third-order valence-corrected chi connectivity index (χ3v) is 3.76. The molecule has 2 N–H and O–H groups in total. The molecule has 0 spiro atoms. The maximum atomic E-state index is 11.7. The molecule has 1 atom stereocenters. The summed E-state index contributed by atoms with van der Waals surface area (Å²) < 4.78 is 5.53. The van der Waals surface area contributed by atoms with E-state index in [4.69, 9.17) is 4.74 Å². The van der Waals surface area contributed by atoms with Crippen molar-refractivity contribution >= 4 is 17.8 Å². The monoisotopic (exact) mass is 296 g/mol. The van der Waals surface area contributed by atoms with Gasteiger partial charge in [0.25, 0.3) is 0 Å². The van der Waals surface area contributed by atoms with E-state index < -0.39 is 0 Å². The predicted octanol–water partition coefficient (Wildman–Crippen LogP) is -0.130. The normalized spacial score (nSPS) is 23.6. The number of likely N-dealkylation sites (tertiary alicyclic amines) is 1. The van der Waals surface area contributed by atoms with Gasteiger partial charge in [0, 0.05) is 46.1 Å². The van der Waals surface area contributed by atoms with Gasteiger partial charge in [0.1, 0.15) is 0 Å². The molecule has 2 aliphatic heterocycles. The average molecular weight is 296 g/mol. The smallest absolute Gasteiger partial charge is 0.229 e. The second kappa shape index (κ2) is 7.97. The number of carbonyl (C=O) groups is 2. The number of nitrogens with one attached hydrogen (secondary N) is 2. The van der Waals surface area contributed by atoms with Crippen LogP contribution in [-0.4, -0.2) is 62.1 Å². The molecule has 0 aromatic rings. The highest BCUT2D eigenvalue weighted by atomic mass is 16.5. The molecule has 2 amide bonds. The molecule has 2 heterocycles. The van der Waals surface area contributed by atoms with Gasteiger partial charge in [0.15, 0.2) is 5.96 Å². The Morgan fingerprint density at radius 2 is 2.05 bits per heavy atom. The number of imide groups is 1. The SMILES string of the molecule is CN=C(NCCN1C(=O)CCCC1=O)NCC1CCCO1. The van der Waals surface area contributed by atoms with Crippen molar-refractivity contribution in [2.24, 2.45) is 4.99 Å². The largest absolute Gasteiger partial charge is 0.376 e. The van der Waals surface area contributed by atoms with Gasteiger partial charge in [-0.05, 0) is 19.3 Å². The minimum atomic E-state index is -0.0737. The van der Waals surface area contributed by atoms with Crippen molar-refractivity contribution in [2.45, 2.75) is 38.2 Å². The summed E-state index contributed by atoms with van der Waals surface area (Å²) in [6.07, 6.45) is 4.04. The van der Waals surface area contributed by atoms with Gasteiger partial charge in [-0.3, -0.25) is 19.5 Å². The number of nitrogens with zero attached hydrogens (tertiary/aromatic N) is 2. The summed E-state index contributed by atoms with van der Waals surface area (Å²) >= 11 is 0. The van der Waals surface area contributed by atoms with Gasteiger partial charge in [-0.1, -0.05) is 0 Å². The number of amides is 2. The van der Waals surface area contributed by atoms with Crippen LogP contribution < -0.4 is 10.6 Å². The van der Waals surface area contributed by atoms with Crippen LogP contribution in [0.25, 0.3) is 0 Å². The third-order valence-electron chi connectivity index (χ3n) is 3.76. The quantitative estimate of drug-likeness (QED) is 0.419. The van der Waals surface area contributed by atoms with Crippen LogP contribution in [0.5, 0.6) is 0 Å². The van der Waals surface area contributed by atoms with E-state index in [-0.39, 0.29) is 17.9 Å². The predicted molar refractivity (Wildman–Crippen MR) is 78.9 cm³/mol. The fourth-order valence-electron chi connectivity index (χ4n) is 2.57. The lowest BCUT2D eigenvalue weighted by atomic mass is 10.1. The summed E-state index contributed by atoms with van der Waals surface area (Å²) in [6, 6.07) is 0. The van der Waals surface area contributed by atoms with Crippen LogP contribution in [-0.2, 0) is 14.3 Å². The first-order valence-corrected chi connectivity index (χ1v) is 7.60. The van der Waals surface area contributed by atoms with Gasteiger partial charge in [-0.25, -0.2) is 0 Å². The fourth-order valence-corrected chi connectivity index (χ4v) is 2.57. The van der Waals surface area contributed by atoms with Crippen molar-refractivity contribution in [3.63, 3.8) is 0 Å². The van der Waals surface area contributed by atoms with Gasteiger partial charge in [-0.15, -0.1) is 0 Å². The minimum Gasteiger partial charge on any atom is -0.376 e. The number of hydrogen-bond acceptors (Lipinski definition) is 4. The molecular weight excluding hydrogens is 272 g/mol. The molecule has 118 valence electrons. The number of hydrogen-bond donors (Lipinski definition) is 2. The van der Waals surface area contributed by atoms with E-state index >= 15 is 0 Å². The molecule has 0 aromatic heterocycles. The number of aliphatic imine (C=N–C) groups is 1. The average Bonchev–Trinajstić information content (AvgIpc) is 2.98. The minimum absolute atomic E-state index is 0.0737. The summed E-state index contributed by atoms with van der Waals surface area (Å²) in [7, 11) is 1.70. The van der Waals surface area contributed by atoms with Crippen LogP contribution in [0, 0.1) is 0 Å². The number of piperidine rings is 1. The van der Waals surface area contributed by atoms with Crippen molar-refractivity contribution in [1.82, 2.24) is 15.5 Å². The van der Waals surface area contributed by atoms with Crippen molar-refractivity contribution in [3.05, 3.63) is 0 Å². The lowest BCUT2D eigenvalue weighted by molar-refractivity contribution is -0.147. The molecule has 7 nitrogen and oxygen atoms in total. The Bertz CT molecular complexity index is 389. The van der Waals surface area contributed by atoms with Gasteiger partial charge < -0.3 is 15.4 Å². The second-order valence-corrected chi connectivity index (χ2v) is 5.31. The van der Waals surface area contributed by atoms with Gasteiger partial charge in [0.05, 0.1) is 6.10 Å². The Hall–Kier alpha value is -1.63. The van der Waals surface area contributed by atoms with Crippen LogP contribution in [0.1, 0.15) is 32.1 Å². The lowest BCUT2D eigenvalue weighted by Gasteiger charge is -2.25. The molecule has 2 aliphatic rings. The number of carbonyl (C=O) groups excluding carboxylic acids is 2. The number of guanidine groups is 1. The number of ether oxygens (including phenoxy) is 1. The van der Waals surface area contributed by atoms with Crippen LogP contribution in [0.15, 0.2) is 4.99 Å². The molecule has 0 aliphatic carbocycles. The Morgan fingerprint density at radius 3 is 2.67 bits per heavy atom. The topological polar surface area (TPSA) is 83.0 Å². The Balaban J connectivity index is 1.67. The molecule has 7 heteroatoms. The van der Waals surface area contributed by atoms with Crippen LogP contribution >= 0.6 is 0 Å². The maximum absolute atomic E-state index is 11.7. The Kier molecular flexibility index (Phi) is 5.98. The molecule has 0 radical (unpaired) electrons. The standard InChI is InChI=1S/C14H24N4O3/c1-15-14(17-10-11-4-3-9-21-11)16-7-8-18-12(19)5-2-6-13(18)20/h11H,2-10H2,1H3,(H2,15,16,17). The molecule has 1 unspecified atom stereocenters. The zero-order chi connectivity index (χ0) is 15.1. The summed E-state index contributed by atoms with van der Waals surface area (Å²) in [5.74, 6) is 0.521. The Labute approximate surface area is 125 Å². The fraction of sp³-hybridized carbons (Fsp3) is 0.786. The highest BCUT2D eigenvalue weighted by Gasteiger charge is 2.25. The lowest BCUT2D eigenvalue weighted by Crippen LogP contribution is -2.47. The molecule has 2 saturated heterocycles. The van der Waals surface area contributed by atoms with Crippen molar-refractivity contribution in [1.29, 1.82) is 0 Å². The van der Waals surface area contributed by atoms with E-state index in [0.29, 0.717) is 38.3 Å². The summed E-state index contributed by atoms with van der Waals surface area (Å²) in [5, 5.41) is 6.32. The third kappa shape index (κ3) is 4.70. The first kappa shape index (κ1) is 15.8. The zero-order valence-electron chi connectivity index (χ0n) is 12.6. The highest BCUT2D eigenvalue weighted by Crippen LogP contribution is 2.11. The molecule has 2 fully saturated rings.